The van der Waals surface area contributed by atoms with Crippen LogP contribution in [0.2, 0.25) is 5.02 Å². The van der Waals surface area contributed by atoms with Crippen LogP contribution in [-0.2, 0) is 20.9 Å². The van der Waals surface area contributed by atoms with E-state index in [4.69, 9.17) is 16.3 Å². The minimum Gasteiger partial charge on any atom is -0.459 e. The molecule has 1 atom stereocenters. The molecule has 0 saturated heterocycles. The third kappa shape index (κ3) is 3.17. The van der Waals surface area contributed by atoms with Crippen LogP contribution in [0.15, 0.2) is 24.7 Å². The summed E-state index contributed by atoms with van der Waals surface area (Å²) < 4.78 is 7.21. The van der Waals surface area contributed by atoms with Gasteiger partial charge >= 0.3 is 5.97 Å². The van der Waals surface area contributed by atoms with Crippen LogP contribution in [0.1, 0.15) is 32.3 Å². The van der Waals surface area contributed by atoms with Crippen LogP contribution >= 0.6 is 11.6 Å². The number of nitrogens with zero attached hydrogens (tertiary/aromatic N) is 2. The van der Waals surface area contributed by atoms with Gasteiger partial charge in [-0.1, -0.05) is 11.6 Å². The van der Waals surface area contributed by atoms with Gasteiger partial charge in [0, 0.05) is 31.1 Å². The number of esters is 1. The summed E-state index contributed by atoms with van der Waals surface area (Å²) in [5.41, 5.74) is 0.451. The van der Waals surface area contributed by atoms with Crippen molar-refractivity contribution in [2.24, 2.45) is 5.92 Å². The first-order valence-corrected chi connectivity index (χ1v) is 7.85. The molecule has 0 bridgehead atoms. The highest BCUT2D eigenvalue weighted by molar-refractivity contribution is 6.33. The Kier molecular flexibility index (Phi) is 4.02. The van der Waals surface area contributed by atoms with Crippen molar-refractivity contribution in [1.29, 1.82) is 0 Å². The fourth-order valence-electron chi connectivity index (χ4n) is 2.77. The fourth-order valence-corrected chi connectivity index (χ4v) is 3.06. The number of aromatic nitrogens is 2. The molecular weight excluding hydrogens is 318 g/mol. The van der Waals surface area contributed by atoms with E-state index in [2.05, 4.69) is 10.3 Å². The number of halogens is 1. The number of carbonyl (C=O) groups is 2. The number of pyridine rings is 1. The van der Waals surface area contributed by atoms with E-state index in [0.29, 0.717) is 10.7 Å². The van der Waals surface area contributed by atoms with Crippen molar-refractivity contribution in [2.45, 2.75) is 38.8 Å². The number of rotatable bonds is 5. The molecule has 7 heteroatoms. The maximum Gasteiger partial charge on any atom is 0.332 e. The van der Waals surface area contributed by atoms with Crippen LogP contribution in [0.4, 0.5) is 0 Å². The average molecular weight is 336 g/mol. The monoisotopic (exact) mass is 335 g/mol. The number of hydrogen-bond acceptors (Lipinski definition) is 4. The zero-order valence-corrected chi connectivity index (χ0v) is 13.8. The van der Waals surface area contributed by atoms with E-state index in [1.54, 1.807) is 29.8 Å². The predicted octanol–water partition coefficient (Wildman–Crippen LogP) is 2.34. The van der Waals surface area contributed by atoms with Gasteiger partial charge in [0.1, 0.15) is 12.1 Å². The molecule has 0 radical (unpaired) electrons. The summed E-state index contributed by atoms with van der Waals surface area (Å²) in [6.07, 6.45) is 7.07. The van der Waals surface area contributed by atoms with Gasteiger partial charge in [0.2, 0.25) is 5.91 Å². The first kappa shape index (κ1) is 15.8. The molecule has 0 spiro atoms. The largest absolute Gasteiger partial charge is 0.459 e. The summed E-state index contributed by atoms with van der Waals surface area (Å²) in [5, 5.41) is 3.23. The van der Waals surface area contributed by atoms with Gasteiger partial charge in [0.25, 0.3) is 0 Å². The molecule has 0 aromatic carbocycles. The number of imidazole rings is 1. The number of amides is 1. The van der Waals surface area contributed by atoms with E-state index in [-0.39, 0.29) is 18.4 Å². The molecule has 6 nitrogen and oxygen atoms in total. The van der Waals surface area contributed by atoms with Crippen molar-refractivity contribution in [2.75, 3.05) is 0 Å². The Morgan fingerprint density at radius 2 is 2.26 bits per heavy atom. The summed E-state index contributed by atoms with van der Waals surface area (Å²) in [6.45, 7) is 3.22. The normalized spacial score (nSPS) is 16.8. The zero-order chi connectivity index (χ0) is 16.6. The Hall–Kier alpha value is -2.08. The SMILES string of the molecule is CC(=O)NC(C)(C(=O)OCc1cc(Cl)c2nccn2c1)C1CC1. The molecular formula is C16H18ClN3O3. The molecule has 1 N–H and O–H groups in total. The summed E-state index contributed by atoms with van der Waals surface area (Å²) in [5.74, 6) is -0.519. The van der Waals surface area contributed by atoms with Crippen molar-refractivity contribution >= 4 is 29.1 Å². The maximum atomic E-state index is 12.5. The van der Waals surface area contributed by atoms with Gasteiger partial charge in [0.15, 0.2) is 5.65 Å². The van der Waals surface area contributed by atoms with Crippen LogP contribution < -0.4 is 5.32 Å². The lowest BCUT2D eigenvalue weighted by molar-refractivity contribution is -0.155. The fraction of sp³-hybridized carbons (Fsp3) is 0.438. The molecule has 0 aliphatic heterocycles. The lowest BCUT2D eigenvalue weighted by Crippen LogP contribution is -2.54. The number of nitrogens with one attached hydrogen (secondary N) is 1. The van der Waals surface area contributed by atoms with Crippen molar-refractivity contribution in [3.8, 4) is 0 Å². The second kappa shape index (κ2) is 5.85. The molecule has 23 heavy (non-hydrogen) atoms. The van der Waals surface area contributed by atoms with Crippen molar-refractivity contribution in [3.63, 3.8) is 0 Å². The first-order valence-electron chi connectivity index (χ1n) is 7.47. The summed E-state index contributed by atoms with van der Waals surface area (Å²) in [6, 6.07) is 1.73. The van der Waals surface area contributed by atoms with Gasteiger partial charge in [-0.05, 0) is 31.7 Å². The number of fused-ring (bicyclic) bond motifs is 1. The van der Waals surface area contributed by atoms with Gasteiger partial charge in [-0.15, -0.1) is 0 Å². The molecule has 1 fully saturated rings. The molecule has 3 rings (SSSR count). The van der Waals surface area contributed by atoms with Crippen molar-refractivity contribution in [3.05, 3.63) is 35.2 Å². The molecule has 1 amide bonds. The van der Waals surface area contributed by atoms with E-state index in [1.807, 2.05) is 6.20 Å². The molecule has 1 unspecified atom stereocenters. The molecule has 2 aromatic heterocycles. The van der Waals surface area contributed by atoms with Gasteiger partial charge < -0.3 is 14.5 Å². The molecule has 1 aliphatic carbocycles. The Morgan fingerprint density at radius 3 is 2.91 bits per heavy atom. The summed E-state index contributed by atoms with van der Waals surface area (Å²) in [7, 11) is 0. The Balaban J connectivity index is 1.72. The molecule has 122 valence electrons. The summed E-state index contributed by atoms with van der Waals surface area (Å²) >= 11 is 6.16. The second-order valence-corrected chi connectivity index (χ2v) is 6.50. The zero-order valence-electron chi connectivity index (χ0n) is 13.0. The van der Waals surface area contributed by atoms with Crippen LogP contribution in [0, 0.1) is 5.92 Å². The van der Waals surface area contributed by atoms with E-state index in [9.17, 15) is 9.59 Å². The van der Waals surface area contributed by atoms with Gasteiger partial charge in [-0.3, -0.25) is 4.79 Å². The topological polar surface area (TPSA) is 72.7 Å². The Morgan fingerprint density at radius 1 is 1.52 bits per heavy atom. The standard InChI is InChI=1S/C16H18ClN3O3/c1-10(21)19-16(2,12-3-4-12)15(22)23-9-11-7-13(17)14-18-5-6-20(14)8-11/h5-8,12H,3-4,9H2,1-2H3,(H,19,21). The van der Waals surface area contributed by atoms with E-state index in [0.717, 1.165) is 18.4 Å². The Bertz CT molecular complexity index is 769. The predicted molar refractivity (Wildman–Crippen MR) is 84.9 cm³/mol. The van der Waals surface area contributed by atoms with Gasteiger partial charge in [-0.2, -0.15) is 0 Å². The third-order valence-electron chi connectivity index (χ3n) is 4.12. The second-order valence-electron chi connectivity index (χ2n) is 6.09. The van der Waals surface area contributed by atoms with Crippen LogP contribution in [0.25, 0.3) is 5.65 Å². The van der Waals surface area contributed by atoms with E-state index < -0.39 is 11.5 Å². The van der Waals surface area contributed by atoms with Gasteiger partial charge in [-0.25, -0.2) is 9.78 Å². The average Bonchev–Trinajstić information content (AvgIpc) is 3.23. The summed E-state index contributed by atoms with van der Waals surface area (Å²) in [4.78, 5) is 28.0. The quantitative estimate of drug-likeness (QED) is 0.851. The Labute approximate surface area is 138 Å². The smallest absolute Gasteiger partial charge is 0.332 e. The van der Waals surface area contributed by atoms with Crippen LogP contribution in [0.5, 0.6) is 0 Å². The van der Waals surface area contributed by atoms with Crippen LogP contribution in [-0.4, -0.2) is 26.8 Å². The lowest BCUT2D eigenvalue weighted by atomic mass is 9.96. The van der Waals surface area contributed by atoms with Crippen molar-refractivity contribution < 1.29 is 14.3 Å². The number of ether oxygens (including phenoxy) is 1. The number of hydrogen-bond donors (Lipinski definition) is 1. The first-order chi connectivity index (χ1) is 10.9. The van der Waals surface area contributed by atoms with E-state index in [1.165, 1.54) is 6.92 Å². The molecule has 2 aromatic rings. The number of carbonyl (C=O) groups excluding carboxylic acids is 2. The lowest BCUT2D eigenvalue weighted by Gasteiger charge is -2.28. The molecule has 1 aliphatic rings. The maximum absolute atomic E-state index is 12.5. The highest BCUT2D eigenvalue weighted by atomic mass is 35.5. The van der Waals surface area contributed by atoms with E-state index >= 15 is 0 Å². The minimum atomic E-state index is -0.964. The molecule has 2 heterocycles. The minimum absolute atomic E-state index is 0.0918. The van der Waals surface area contributed by atoms with Gasteiger partial charge in [0.05, 0.1) is 5.02 Å². The third-order valence-corrected chi connectivity index (χ3v) is 4.40. The van der Waals surface area contributed by atoms with Crippen molar-refractivity contribution in [1.82, 2.24) is 14.7 Å². The van der Waals surface area contributed by atoms with Crippen LogP contribution in [0.3, 0.4) is 0 Å². The molecule has 1 saturated carbocycles. The highest BCUT2D eigenvalue weighted by Crippen LogP contribution is 2.40. The highest BCUT2D eigenvalue weighted by Gasteiger charge is 2.49.